The van der Waals surface area contributed by atoms with Crippen molar-refractivity contribution in [3.05, 3.63) is 12.0 Å². The van der Waals surface area contributed by atoms with Crippen LogP contribution in [-0.2, 0) is 14.3 Å². The van der Waals surface area contributed by atoms with Crippen LogP contribution < -0.4 is 16.8 Å². The van der Waals surface area contributed by atoms with Gasteiger partial charge >= 0.3 is 5.97 Å². The molecular formula is C14H22N6O4. The van der Waals surface area contributed by atoms with Crippen LogP contribution in [0.3, 0.4) is 0 Å². The summed E-state index contributed by atoms with van der Waals surface area (Å²) in [7, 11) is 0. The summed E-state index contributed by atoms with van der Waals surface area (Å²) in [5.74, 6) is 0.0681. The SMILES string of the molecule is CC[C@H]1[C@@H](OC(C)=O)[C@H](n2cnc3c2N=C(N)NC3N)O[C@@H]1CO. The first-order valence-corrected chi connectivity index (χ1v) is 7.82. The summed E-state index contributed by atoms with van der Waals surface area (Å²) >= 11 is 0. The molecule has 1 fully saturated rings. The number of aromatic nitrogens is 2. The van der Waals surface area contributed by atoms with E-state index >= 15 is 0 Å². The Labute approximate surface area is 138 Å². The van der Waals surface area contributed by atoms with Gasteiger partial charge in [-0.3, -0.25) is 9.36 Å². The molecule has 0 radical (unpaired) electrons. The van der Waals surface area contributed by atoms with E-state index in [0.29, 0.717) is 17.9 Å². The average Bonchev–Trinajstić information content (AvgIpc) is 3.07. The summed E-state index contributed by atoms with van der Waals surface area (Å²) in [5.41, 5.74) is 12.2. The number of ether oxygens (including phenoxy) is 2. The van der Waals surface area contributed by atoms with Gasteiger partial charge in [0.05, 0.1) is 19.0 Å². The number of nitrogens with zero attached hydrogens (tertiary/aromatic N) is 3. The molecule has 0 saturated carbocycles. The molecule has 0 aliphatic carbocycles. The predicted molar refractivity (Wildman–Crippen MR) is 83.9 cm³/mol. The van der Waals surface area contributed by atoms with Crippen LogP contribution in [-0.4, -0.2) is 45.4 Å². The maximum atomic E-state index is 11.5. The van der Waals surface area contributed by atoms with Gasteiger partial charge in [0.25, 0.3) is 0 Å². The summed E-state index contributed by atoms with van der Waals surface area (Å²) in [5, 5.41) is 12.4. The summed E-state index contributed by atoms with van der Waals surface area (Å²) in [6.07, 6.45) is -0.0352. The highest BCUT2D eigenvalue weighted by Gasteiger charge is 2.47. The second-order valence-corrected chi connectivity index (χ2v) is 5.87. The molecule has 132 valence electrons. The van der Waals surface area contributed by atoms with E-state index in [1.807, 2.05) is 6.92 Å². The van der Waals surface area contributed by atoms with Crippen LogP contribution >= 0.6 is 0 Å². The Balaban J connectivity index is 2.00. The van der Waals surface area contributed by atoms with E-state index in [1.165, 1.54) is 13.3 Å². The standard InChI is InChI=1S/C14H22N6O4/c1-3-7-8(4-21)24-13(10(7)23-6(2)22)20-5-17-9-11(15)18-14(16)19-12(9)20/h5,7-8,10-11,13,21H,3-4,15H2,1-2H3,(H3,16,18,19)/t7-,8-,10-,11?,13-/m1/s1. The topological polar surface area (TPSA) is 150 Å². The number of aliphatic hydroxyl groups excluding tert-OH is 1. The normalized spacial score (nSPS) is 32.0. The number of fused-ring (bicyclic) bond motifs is 1. The highest BCUT2D eigenvalue weighted by molar-refractivity contribution is 5.83. The fourth-order valence-electron chi connectivity index (χ4n) is 3.28. The van der Waals surface area contributed by atoms with Gasteiger partial charge < -0.3 is 31.4 Å². The Morgan fingerprint density at radius 1 is 1.58 bits per heavy atom. The molecular weight excluding hydrogens is 316 g/mol. The van der Waals surface area contributed by atoms with Crippen LogP contribution in [0.4, 0.5) is 5.82 Å². The third kappa shape index (κ3) is 2.72. The molecule has 1 aromatic rings. The Morgan fingerprint density at radius 3 is 2.96 bits per heavy atom. The van der Waals surface area contributed by atoms with E-state index in [2.05, 4.69) is 15.3 Å². The zero-order chi connectivity index (χ0) is 17.4. The van der Waals surface area contributed by atoms with Crippen LogP contribution in [0.1, 0.15) is 38.4 Å². The zero-order valence-corrected chi connectivity index (χ0v) is 13.5. The lowest BCUT2D eigenvalue weighted by molar-refractivity contribution is -0.153. The minimum atomic E-state index is -0.658. The number of nitrogens with one attached hydrogen (secondary N) is 1. The zero-order valence-electron chi connectivity index (χ0n) is 13.5. The number of hydrogen-bond acceptors (Lipinski definition) is 9. The molecule has 1 aromatic heterocycles. The lowest BCUT2D eigenvalue weighted by Crippen LogP contribution is -2.41. The third-order valence-corrected chi connectivity index (χ3v) is 4.34. The lowest BCUT2D eigenvalue weighted by Gasteiger charge is -2.25. The van der Waals surface area contributed by atoms with Crippen molar-refractivity contribution in [2.24, 2.45) is 22.4 Å². The number of nitrogens with two attached hydrogens (primary N) is 2. The van der Waals surface area contributed by atoms with Crippen LogP contribution in [0.2, 0.25) is 0 Å². The second-order valence-electron chi connectivity index (χ2n) is 5.87. The smallest absolute Gasteiger partial charge is 0.303 e. The Hall–Kier alpha value is -2.17. The molecule has 6 N–H and O–H groups in total. The fraction of sp³-hybridized carbons (Fsp3) is 0.643. The maximum absolute atomic E-state index is 11.5. The van der Waals surface area contributed by atoms with E-state index < -0.39 is 30.6 Å². The second kappa shape index (κ2) is 6.38. The molecule has 1 unspecified atom stereocenters. The molecule has 0 bridgehead atoms. The molecule has 5 atom stereocenters. The largest absolute Gasteiger partial charge is 0.457 e. The van der Waals surface area contributed by atoms with Crippen molar-refractivity contribution >= 4 is 17.7 Å². The van der Waals surface area contributed by atoms with E-state index in [-0.39, 0.29) is 18.5 Å². The molecule has 24 heavy (non-hydrogen) atoms. The van der Waals surface area contributed by atoms with Gasteiger partial charge in [0.15, 0.2) is 24.1 Å². The maximum Gasteiger partial charge on any atom is 0.303 e. The number of guanidine groups is 1. The van der Waals surface area contributed by atoms with Crippen molar-refractivity contribution < 1.29 is 19.4 Å². The number of carbonyl (C=O) groups is 1. The molecule has 3 heterocycles. The van der Waals surface area contributed by atoms with Crippen LogP contribution in [0.15, 0.2) is 11.3 Å². The van der Waals surface area contributed by atoms with Gasteiger partial charge in [0, 0.05) is 12.8 Å². The monoisotopic (exact) mass is 338 g/mol. The van der Waals surface area contributed by atoms with Gasteiger partial charge in [0.2, 0.25) is 0 Å². The van der Waals surface area contributed by atoms with E-state index in [1.54, 1.807) is 4.57 Å². The average molecular weight is 338 g/mol. The number of rotatable bonds is 4. The highest BCUT2D eigenvalue weighted by Crippen LogP contribution is 2.41. The Kier molecular flexibility index (Phi) is 4.43. The minimum absolute atomic E-state index is 0.140. The first-order valence-electron chi connectivity index (χ1n) is 7.82. The molecule has 0 aromatic carbocycles. The molecule has 0 amide bonds. The number of esters is 1. The van der Waals surface area contributed by atoms with Crippen molar-refractivity contribution in [2.75, 3.05) is 6.61 Å². The molecule has 2 aliphatic heterocycles. The van der Waals surface area contributed by atoms with Crippen molar-refractivity contribution in [3.8, 4) is 0 Å². The van der Waals surface area contributed by atoms with Crippen LogP contribution in [0.25, 0.3) is 0 Å². The Bertz CT molecular complexity index is 660. The fourth-order valence-corrected chi connectivity index (χ4v) is 3.28. The van der Waals surface area contributed by atoms with Crippen molar-refractivity contribution in [3.63, 3.8) is 0 Å². The first-order chi connectivity index (χ1) is 11.5. The summed E-state index contributed by atoms with van der Waals surface area (Å²) in [4.78, 5) is 20.0. The summed E-state index contributed by atoms with van der Waals surface area (Å²) < 4.78 is 13.1. The van der Waals surface area contributed by atoms with E-state index in [9.17, 15) is 9.90 Å². The van der Waals surface area contributed by atoms with Gasteiger partial charge in [0.1, 0.15) is 11.9 Å². The van der Waals surface area contributed by atoms with E-state index in [0.717, 1.165) is 0 Å². The molecule has 10 heteroatoms. The predicted octanol–water partition coefficient (Wildman–Crippen LogP) is -0.763. The van der Waals surface area contributed by atoms with Gasteiger partial charge in [-0.05, 0) is 6.42 Å². The van der Waals surface area contributed by atoms with Gasteiger partial charge in [-0.1, -0.05) is 6.92 Å². The first kappa shape index (κ1) is 16.7. The molecule has 3 rings (SSSR count). The van der Waals surface area contributed by atoms with Crippen molar-refractivity contribution in [2.45, 2.75) is 44.9 Å². The lowest BCUT2D eigenvalue weighted by atomic mass is 9.95. The number of imidazole rings is 1. The van der Waals surface area contributed by atoms with Gasteiger partial charge in [-0.2, -0.15) is 4.99 Å². The minimum Gasteiger partial charge on any atom is -0.457 e. The number of aliphatic imine (C=N–C) groups is 1. The van der Waals surface area contributed by atoms with Crippen molar-refractivity contribution in [1.82, 2.24) is 14.9 Å². The summed E-state index contributed by atoms with van der Waals surface area (Å²) in [6, 6.07) is 0. The molecule has 2 aliphatic rings. The molecule has 0 spiro atoms. The van der Waals surface area contributed by atoms with Crippen molar-refractivity contribution in [1.29, 1.82) is 0 Å². The number of hydrogen-bond donors (Lipinski definition) is 4. The Morgan fingerprint density at radius 2 is 2.33 bits per heavy atom. The van der Waals surface area contributed by atoms with Gasteiger partial charge in [-0.25, -0.2) is 4.98 Å². The third-order valence-electron chi connectivity index (χ3n) is 4.34. The summed E-state index contributed by atoms with van der Waals surface area (Å²) in [6.45, 7) is 3.13. The molecule has 10 nitrogen and oxygen atoms in total. The van der Waals surface area contributed by atoms with Crippen LogP contribution in [0.5, 0.6) is 0 Å². The van der Waals surface area contributed by atoms with Gasteiger partial charge in [-0.15, -0.1) is 0 Å². The number of carbonyl (C=O) groups excluding carboxylic acids is 1. The quantitative estimate of drug-likeness (QED) is 0.523. The van der Waals surface area contributed by atoms with Crippen LogP contribution in [0, 0.1) is 5.92 Å². The highest BCUT2D eigenvalue weighted by atomic mass is 16.6. The number of aliphatic hydroxyl groups is 1. The van der Waals surface area contributed by atoms with E-state index in [4.69, 9.17) is 20.9 Å². The molecule has 1 saturated heterocycles.